The van der Waals surface area contributed by atoms with Gasteiger partial charge in [0.1, 0.15) is 18.1 Å². The van der Waals surface area contributed by atoms with E-state index in [0.717, 1.165) is 42.5 Å². The molecule has 2 aromatic rings. The molecule has 0 amide bonds. The van der Waals surface area contributed by atoms with E-state index < -0.39 is 0 Å². The molecule has 1 fully saturated rings. The fourth-order valence-electron chi connectivity index (χ4n) is 2.67. The van der Waals surface area contributed by atoms with Gasteiger partial charge in [0.25, 0.3) is 0 Å². The van der Waals surface area contributed by atoms with E-state index in [1.54, 1.807) is 12.7 Å². The van der Waals surface area contributed by atoms with Crippen LogP contribution in [0, 0.1) is 5.92 Å². The molecule has 0 saturated heterocycles. The van der Waals surface area contributed by atoms with Crippen molar-refractivity contribution < 1.29 is 4.79 Å². The molecular weight excluding hydrogens is 230 g/mol. The molecule has 2 atom stereocenters. The maximum Gasteiger partial charge on any atom is 0.165 e. The van der Waals surface area contributed by atoms with E-state index in [9.17, 15) is 4.79 Å². The van der Waals surface area contributed by atoms with E-state index in [4.69, 9.17) is 0 Å². The number of fused-ring (bicyclic) bond motifs is 1. The first kappa shape index (κ1) is 11.1. The Balaban J connectivity index is 2.01. The molecule has 0 aromatic carbocycles. The lowest BCUT2D eigenvalue weighted by Crippen LogP contribution is -2.06. The van der Waals surface area contributed by atoms with Gasteiger partial charge in [0.05, 0.1) is 6.33 Å². The zero-order valence-electron chi connectivity index (χ0n) is 10.2. The Kier molecular flexibility index (Phi) is 2.70. The van der Waals surface area contributed by atoms with Crippen molar-refractivity contribution >= 4 is 23.3 Å². The van der Waals surface area contributed by atoms with Crippen molar-refractivity contribution in [3.63, 3.8) is 0 Å². The summed E-state index contributed by atoms with van der Waals surface area (Å²) in [4.78, 5) is 23.6. The average molecular weight is 245 g/mol. The van der Waals surface area contributed by atoms with Crippen LogP contribution in [0.1, 0.15) is 25.3 Å². The van der Waals surface area contributed by atoms with Crippen molar-refractivity contribution in [2.45, 2.75) is 25.3 Å². The van der Waals surface area contributed by atoms with Gasteiger partial charge in [-0.2, -0.15) is 0 Å². The third-order valence-electron chi connectivity index (χ3n) is 3.63. The first-order valence-corrected chi connectivity index (χ1v) is 6.14. The highest BCUT2D eigenvalue weighted by Gasteiger charge is 2.27. The summed E-state index contributed by atoms with van der Waals surface area (Å²) in [5.74, 6) is 0.918. The van der Waals surface area contributed by atoms with Gasteiger partial charge >= 0.3 is 0 Å². The first-order chi connectivity index (χ1) is 8.83. The van der Waals surface area contributed by atoms with E-state index in [1.807, 2.05) is 7.05 Å². The molecule has 6 heteroatoms. The quantitative estimate of drug-likeness (QED) is 0.828. The van der Waals surface area contributed by atoms with E-state index >= 15 is 0 Å². The van der Waals surface area contributed by atoms with Crippen molar-refractivity contribution in [2.24, 2.45) is 5.92 Å². The molecule has 0 aliphatic heterocycles. The van der Waals surface area contributed by atoms with Gasteiger partial charge in [-0.25, -0.2) is 15.0 Å². The standard InChI is InChI=1S/C12H15N5O/c1-13-11-10-12(15-6-14-11)17(7-16-10)9-3-2-8(4-9)5-18/h5-9H,2-4H2,1H3,(H,13,14,15). The Morgan fingerprint density at radius 2 is 2.28 bits per heavy atom. The SMILES string of the molecule is CNc1ncnc2c1ncn2C1CCC(C=O)C1. The Morgan fingerprint density at radius 3 is 3.00 bits per heavy atom. The highest BCUT2D eigenvalue weighted by molar-refractivity contribution is 5.82. The molecule has 1 aliphatic rings. The molecule has 0 spiro atoms. The molecule has 94 valence electrons. The summed E-state index contributed by atoms with van der Waals surface area (Å²) in [6.07, 6.45) is 7.25. The zero-order valence-corrected chi connectivity index (χ0v) is 10.2. The summed E-state index contributed by atoms with van der Waals surface area (Å²) in [5, 5.41) is 3.01. The lowest BCUT2D eigenvalue weighted by molar-refractivity contribution is -0.110. The molecular formula is C12H15N5O. The number of aromatic nitrogens is 4. The normalized spacial score (nSPS) is 23.4. The van der Waals surface area contributed by atoms with Gasteiger partial charge in [0, 0.05) is 19.0 Å². The smallest absolute Gasteiger partial charge is 0.165 e. The van der Waals surface area contributed by atoms with Crippen LogP contribution in [0.25, 0.3) is 11.2 Å². The number of aldehydes is 1. The van der Waals surface area contributed by atoms with Gasteiger partial charge in [-0.15, -0.1) is 0 Å². The topological polar surface area (TPSA) is 72.7 Å². The third-order valence-corrected chi connectivity index (χ3v) is 3.63. The molecule has 2 heterocycles. The minimum Gasteiger partial charge on any atom is -0.371 e. The molecule has 3 rings (SSSR count). The van der Waals surface area contributed by atoms with Crippen molar-refractivity contribution in [3.05, 3.63) is 12.7 Å². The largest absolute Gasteiger partial charge is 0.371 e. The van der Waals surface area contributed by atoms with Crippen LogP contribution in [0.5, 0.6) is 0 Å². The van der Waals surface area contributed by atoms with E-state index in [0.29, 0.717) is 6.04 Å². The number of carbonyl (C=O) groups is 1. The maximum absolute atomic E-state index is 10.8. The van der Waals surface area contributed by atoms with Crippen molar-refractivity contribution in [1.29, 1.82) is 0 Å². The van der Waals surface area contributed by atoms with E-state index in [2.05, 4.69) is 24.8 Å². The summed E-state index contributed by atoms with van der Waals surface area (Å²) in [5.41, 5.74) is 1.63. The molecule has 2 unspecified atom stereocenters. The van der Waals surface area contributed by atoms with Gasteiger partial charge in [-0.05, 0) is 19.3 Å². The minimum absolute atomic E-state index is 0.179. The van der Waals surface area contributed by atoms with Gasteiger partial charge in [0.15, 0.2) is 11.5 Å². The molecule has 6 nitrogen and oxygen atoms in total. The highest BCUT2D eigenvalue weighted by Crippen LogP contribution is 2.35. The average Bonchev–Trinajstić information content (AvgIpc) is 3.03. The van der Waals surface area contributed by atoms with Crippen LogP contribution in [0.15, 0.2) is 12.7 Å². The fourth-order valence-corrected chi connectivity index (χ4v) is 2.67. The lowest BCUT2D eigenvalue weighted by Gasteiger charge is -2.11. The monoisotopic (exact) mass is 245 g/mol. The first-order valence-electron chi connectivity index (χ1n) is 6.14. The van der Waals surface area contributed by atoms with Gasteiger partial charge in [0.2, 0.25) is 0 Å². The van der Waals surface area contributed by atoms with E-state index in [1.165, 1.54) is 0 Å². The number of carbonyl (C=O) groups excluding carboxylic acids is 1. The van der Waals surface area contributed by atoms with Gasteiger partial charge in [-0.1, -0.05) is 0 Å². The van der Waals surface area contributed by atoms with Crippen molar-refractivity contribution in [3.8, 4) is 0 Å². The van der Waals surface area contributed by atoms with Crippen LogP contribution in [-0.2, 0) is 4.79 Å². The number of hydrogen-bond acceptors (Lipinski definition) is 5. The van der Waals surface area contributed by atoms with Crippen LogP contribution < -0.4 is 5.32 Å². The van der Waals surface area contributed by atoms with Crippen LogP contribution in [0.2, 0.25) is 0 Å². The Morgan fingerprint density at radius 1 is 1.39 bits per heavy atom. The number of hydrogen-bond donors (Lipinski definition) is 1. The maximum atomic E-state index is 10.8. The van der Waals surface area contributed by atoms with Crippen molar-refractivity contribution in [2.75, 3.05) is 12.4 Å². The number of anilines is 1. The Hall–Kier alpha value is -1.98. The zero-order chi connectivity index (χ0) is 12.5. The van der Waals surface area contributed by atoms with Gasteiger partial charge in [-0.3, -0.25) is 0 Å². The second kappa shape index (κ2) is 4.36. The summed E-state index contributed by atoms with van der Waals surface area (Å²) in [7, 11) is 1.82. The summed E-state index contributed by atoms with van der Waals surface area (Å²) >= 11 is 0. The van der Waals surface area contributed by atoms with Crippen LogP contribution in [0.4, 0.5) is 5.82 Å². The van der Waals surface area contributed by atoms with E-state index in [-0.39, 0.29) is 5.92 Å². The fraction of sp³-hybridized carbons (Fsp3) is 0.500. The molecule has 0 bridgehead atoms. The highest BCUT2D eigenvalue weighted by atomic mass is 16.1. The molecule has 2 aromatic heterocycles. The molecule has 0 radical (unpaired) electrons. The Bertz CT molecular complexity index is 579. The summed E-state index contributed by atoms with van der Waals surface area (Å²) in [6, 6.07) is 0.324. The summed E-state index contributed by atoms with van der Waals surface area (Å²) in [6.45, 7) is 0. The van der Waals surface area contributed by atoms with Crippen LogP contribution in [-0.4, -0.2) is 32.9 Å². The van der Waals surface area contributed by atoms with Crippen LogP contribution >= 0.6 is 0 Å². The molecule has 1 saturated carbocycles. The van der Waals surface area contributed by atoms with Crippen LogP contribution in [0.3, 0.4) is 0 Å². The summed E-state index contributed by atoms with van der Waals surface area (Å²) < 4.78 is 2.07. The predicted molar refractivity (Wildman–Crippen MR) is 67.3 cm³/mol. The Labute approximate surface area is 104 Å². The van der Waals surface area contributed by atoms with Crippen molar-refractivity contribution in [1.82, 2.24) is 19.5 Å². The second-order valence-electron chi connectivity index (χ2n) is 4.66. The molecule has 1 aliphatic carbocycles. The number of nitrogens with one attached hydrogen (secondary N) is 1. The molecule has 18 heavy (non-hydrogen) atoms. The lowest BCUT2D eigenvalue weighted by atomic mass is 10.1. The molecule has 1 N–H and O–H groups in total. The second-order valence-corrected chi connectivity index (χ2v) is 4.66. The van der Waals surface area contributed by atoms with Gasteiger partial charge < -0.3 is 14.7 Å². The number of rotatable bonds is 3. The number of nitrogens with zero attached hydrogens (tertiary/aromatic N) is 4. The minimum atomic E-state index is 0.179. The third kappa shape index (κ3) is 1.64. The predicted octanol–water partition coefficient (Wildman–Crippen LogP) is 1.41. The number of imidazole rings is 1.